The van der Waals surface area contributed by atoms with Crippen molar-refractivity contribution in [1.29, 1.82) is 0 Å². The molecule has 0 unspecified atom stereocenters. The Hall–Kier alpha value is -4.17. The van der Waals surface area contributed by atoms with Crippen LogP contribution in [0, 0.1) is 6.92 Å². The van der Waals surface area contributed by atoms with Crippen LogP contribution in [0.5, 0.6) is 0 Å². The van der Waals surface area contributed by atoms with Crippen LogP contribution in [-0.2, 0) is 7.05 Å². The fourth-order valence-electron chi connectivity index (χ4n) is 5.26. The molecule has 0 spiro atoms. The number of hydrogen-bond acceptors (Lipinski definition) is 1. The Kier molecular flexibility index (Phi) is 3.72. The molecule has 2 nitrogen and oxygen atoms in total. The number of pyridine rings is 1. The van der Waals surface area contributed by atoms with Crippen LogP contribution in [0.2, 0.25) is 0 Å². The molecule has 156 valence electrons. The van der Waals surface area contributed by atoms with Gasteiger partial charge in [-0.1, -0.05) is 54.6 Å². The van der Waals surface area contributed by atoms with E-state index in [0.717, 1.165) is 11.2 Å². The van der Waals surface area contributed by atoms with Gasteiger partial charge in [-0.3, -0.25) is 0 Å². The van der Waals surface area contributed by atoms with Crippen LogP contribution in [0.4, 0.5) is 0 Å². The maximum Gasteiger partial charge on any atom is 0.213 e. The van der Waals surface area contributed by atoms with E-state index in [0.29, 0.717) is 0 Å². The summed E-state index contributed by atoms with van der Waals surface area (Å²) < 4.78 is 8.65. The van der Waals surface area contributed by atoms with Crippen molar-refractivity contribution >= 4 is 54.3 Å². The highest BCUT2D eigenvalue weighted by molar-refractivity contribution is 6.16. The summed E-state index contributed by atoms with van der Waals surface area (Å²) in [5, 5.41) is 9.82. The third-order valence-corrected chi connectivity index (χ3v) is 6.96. The van der Waals surface area contributed by atoms with Crippen molar-refractivity contribution in [2.24, 2.45) is 7.05 Å². The Labute approximate surface area is 191 Å². The molecule has 7 rings (SSSR count). The lowest BCUT2D eigenvalue weighted by Gasteiger charge is -2.06. The first-order chi connectivity index (χ1) is 16.2. The molecule has 0 saturated carbocycles. The van der Waals surface area contributed by atoms with Crippen molar-refractivity contribution in [3.63, 3.8) is 0 Å². The number of fused-ring (bicyclic) bond motifs is 7. The molecule has 0 N–H and O–H groups in total. The van der Waals surface area contributed by atoms with Gasteiger partial charge in [-0.25, -0.2) is 4.57 Å². The van der Waals surface area contributed by atoms with E-state index < -0.39 is 0 Å². The summed E-state index contributed by atoms with van der Waals surface area (Å²) in [5.41, 5.74) is 5.50. The first-order valence-corrected chi connectivity index (χ1v) is 11.3. The van der Waals surface area contributed by atoms with Crippen molar-refractivity contribution in [2.75, 3.05) is 0 Å². The summed E-state index contributed by atoms with van der Waals surface area (Å²) in [6, 6.07) is 32.7. The molecule has 5 aromatic carbocycles. The SMILES string of the molecule is Cc1cc2c(cc1-c1cc3ccccc3c[n+]1C)oc1cc3c(ccc4ccccc43)cc12. The van der Waals surface area contributed by atoms with Crippen LogP contribution in [0.1, 0.15) is 5.56 Å². The molecular formula is C31H22NO+. The number of aryl methyl sites for hydroxylation is 2. The Morgan fingerprint density at radius 1 is 0.576 bits per heavy atom. The highest BCUT2D eigenvalue weighted by atomic mass is 16.3. The average molecular weight is 425 g/mol. The van der Waals surface area contributed by atoms with Gasteiger partial charge >= 0.3 is 0 Å². The summed E-state index contributed by atoms with van der Waals surface area (Å²) in [6.45, 7) is 2.19. The Morgan fingerprint density at radius 2 is 1.27 bits per heavy atom. The van der Waals surface area contributed by atoms with E-state index in [9.17, 15) is 0 Å². The molecule has 2 aromatic heterocycles. The summed E-state index contributed by atoms with van der Waals surface area (Å²) in [7, 11) is 2.11. The molecule has 0 radical (unpaired) electrons. The Morgan fingerprint density at radius 3 is 2.15 bits per heavy atom. The smallest absolute Gasteiger partial charge is 0.213 e. The van der Waals surface area contributed by atoms with Gasteiger partial charge < -0.3 is 4.42 Å². The topological polar surface area (TPSA) is 17.0 Å². The van der Waals surface area contributed by atoms with Crippen molar-refractivity contribution in [3.05, 3.63) is 103 Å². The molecule has 0 saturated heterocycles. The lowest BCUT2D eigenvalue weighted by Crippen LogP contribution is -2.30. The molecule has 0 amide bonds. The van der Waals surface area contributed by atoms with Crippen LogP contribution in [0.3, 0.4) is 0 Å². The third-order valence-electron chi connectivity index (χ3n) is 6.96. The second kappa shape index (κ2) is 6.66. The summed E-state index contributed by atoms with van der Waals surface area (Å²) in [5.74, 6) is 0. The quantitative estimate of drug-likeness (QED) is 0.194. The van der Waals surface area contributed by atoms with Crippen LogP contribution in [-0.4, -0.2) is 0 Å². The lowest BCUT2D eigenvalue weighted by molar-refractivity contribution is -0.659. The van der Waals surface area contributed by atoms with Crippen molar-refractivity contribution < 1.29 is 8.98 Å². The maximum atomic E-state index is 6.44. The molecule has 2 heteroatoms. The van der Waals surface area contributed by atoms with Gasteiger partial charge in [0.05, 0.1) is 5.56 Å². The Bertz CT molecular complexity index is 1890. The molecule has 0 aliphatic carbocycles. The number of aromatic nitrogens is 1. The highest BCUT2D eigenvalue weighted by Gasteiger charge is 2.18. The largest absolute Gasteiger partial charge is 0.456 e. The molecule has 33 heavy (non-hydrogen) atoms. The molecular weight excluding hydrogens is 402 g/mol. The fraction of sp³-hybridized carbons (Fsp3) is 0.0645. The minimum absolute atomic E-state index is 0.929. The van der Waals surface area contributed by atoms with Gasteiger partial charge in [0, 0.05) is 22.2 Å². The first-order valence-electron chi connectivity index (χ1n) is 11.3. The second-order valence-electron chi connectivity index (χ2n) is 9.02. The van der Waals surface area contributed by atoms with E-state index in [-0.39, 0.29) is 0 Å². The van der Waals surface area contributed by atoms with Crippen LogP contribution >= 0.6 is 0 Å². The van der Waals surface area contributed by atoms with Crippen LogP contribution < -0.4 is 4.57 Å². The zero-order chi connectivity index (χ0) is 22.1. The van der Waals surface area contributed by atoms with Crippen molar-refractivity contribution in [1.82, 2.24) is 0 Å². The van der Waals surface area contributed by atoms with E-state index in [1.807, 2.05) is 0 Å². The molecule has 2 heterocycles. The van der Waals surface area contributed by atoms with E-state index in [1.54, 1.807) is 0 Å². The molecule has 0 fully saturated rings. The van der Waals surface area contributed by atoms with Gasteiger partial charge in [0.2, 0.25) is 5.69 Å². The van der Waals surface area contributed by atoms with Crippen LogP contribution in [0.15, 0.2) is 102 Å². The zero-order valence-corrected chi connectivity index (χ0v) is 18.6. The minimum atomic E-state index is 0.929. The summed E-state index contributed by atoms with van der Waals surface area (Å²) in [4.78, 5) is 0. The second-order valence-corrected chi connectivity index (χ2v) is 9.02. The molecule has 7 aromatic rings. The van der Waals surface area contributed by atoms with Gasteiger partial charge in [-0.2, -0.15) is 0 Å². The fourth-order valence-corrected chi connectivity index (χ4v) is 5.26. The van der Waals surface area contributed by atoms with Gasteiger partial charge in [0.25, 0.3) is 0 Å². The number of nitrogens with zero attached hydrogens (tertiary/aromatic N) is 1. The number of furan rings is 1. The molecule has 0 aliphatic rings. The number of hydrogen-bond donors (Lipinski definition) is 0. The standard InChI is InChI=1S/C31H22NO/c1-19-13-27-28-14-22-12-11-20-7-5-6-10-24(20)26(22)17-31(28)33-30(27)16-25(19)29-15-21-8-3-4-9-23(21)18-32(29)2/h3-18H,1-2H3/q+1. The maximum absolute atomic E-state index is 6.44. The normalized spacial score (nSPS) is 11.9. The third kappa shape index (κ3) is 2.71. The lowest BCUT2D eigenvalue weighted by atomic mass is 9.98. The highest BCUT2D eigenvalue weighted by Crippen LogP contribution is 2.37. The van der Waals surface area contributed by atoms with Gasteiger partial charge in [0.1, 0.15) is 18.2 Å². The van der Waals surface area contributed by atoms with Crippen molar-refractivity contribution in [2.45, 2.75) is 6.92 Å². The van der Waals surface area contributed by atoms with Gasteiger partial charge in [-0.05, 0) is 69.8 Å². The van der Waals surface area contributed by atoms with E-state index in [4.69, 9.17) is 4.42 Å². The summed E-state index contributed by atoms with van der Waals surface area (Å²) in [6.07, 6.45) is 2.20. The zero-order valence-electron chi connectivity index (χ0n) is 18.6. The predicted molar refractivity (Wildman–Crippen MR) is 138 cm³/mol. The van der Waals surface area contributed by atoms with Crippen molar-refractivity contribution in [3.8, 4) is 11.3 Å². The average Bonchev–Trinajstić information content (AvgIpc) is 3.18. The monoisotopic (exact) mass is 424 g/mol. The number of rotatable bonds is 1. The van der Waals surface area contributed by atoms with E-state index in [1.165, 1.54) is 59.9 Å². The number of benzene rings is 5. The van der Waals surface area contributed by atoms with E-state index in [2.05, 4.69) is 116 Å². The van der Waals surface area contributed by atoms with Gasteiger partial charge in [0.15, 0.2) is 6.20 Å². The minimum Gasteiger partial charge on any atom is -0.456 e. The van der Waals surface area contributed by atoms with E-state index >= 15 is 0 Å². The molecule has 0 bridgehead atoms. The molecule has 0 aliphatic heterocycles. The summed E-state index contributed by atoms with van der Waals surface area (Å²) >= 11 is 0. The van der Waals surface area contributed by atoms with Gasteiger partial charge in [-0.15, -0.1) is 0 Å². The van der Waals surface area contributed by atoms with Crippen LogP contribution in [0.25, 0.3) is 65.5 Å². The molecule has 0 atom stereocenters. The predicted octanol–water partition coefficient (Wildman–Crippen LogP) is 7.85. The first kappa shape index (κ1) is 18.4. The Balaban J connectivity index is 1.50.